The molecule has 0 aliphatic carbocycles. The Morgan fingerprint density at radius 2 is 1.35 bits per heavy atom. The highest BCUT2D eigenvalue weighted by molar-refractivity contribution is 7.94. The number of rotatable bonds is 4. The Labute approximate surface area is 148 Å². The van der Waals surface area contributed by atoms with Gasteiger partial charge in [-0.3, -0.25) is 0 Å². The minimum Gasteiger partial charge on any atom is -0.423 e. The maximum atomic E-state index is 13.0. The molecule has 0 amide bonds. The normalized spacial score (nSPS) is 12.3. The summed E-state index contributed by atoms with van der Waals surface area (Å²) in [6.07, 6.45) is 0.769. The maximum absolute atomic E-state index is 13.0. The fraction of sp³-hybridized carbons (Fsp3) is 0.0625. The number of benzene rings is 2. The van der Waals surface area contributed by atoms with E-state index in [0.29, 0.717) is 0 Å². The van der Waals surface area contributed by atoms with Gasteiger partial charge in [-0.15, -0.1) is 0 Å². The molecule has 0 fully saturated rings. The van der Waals surface area contributed by atoms with Crippen molar-refractivity contribution in [3.63, 3.8) is 0 Å². The number of oxazole rings is 1. The van der Waals surface area contributed by atoms with E-state index in [1.165, 1.54) is 12.1 Å². The molecule has 0 atom stereocenters. The van der Waals surface area contributed by atoms with Gasteiger partial charge in [-0.2, -0.15) is 4.98 Å². The first kappa shape index (κ1) is 18.2. The minimum absolute atomic E-state index is 0.192. The van der Waals surface area contributed by atoms with E-state index in [2.05, 4.69) is 4.98 Å². The minimum atomic E-state index is -4.39. The SMILES string of the molecule is CS(=O)(=O)c1oc(-c2ccc(F)cc2)nc1S(=O)(=O)c1ccc(F)cc1. The summed E-state index contributed by atoms with van der Waals surface area (Å²) >= 11 is 0. The molecule has 0 aliphatic heterocycles. The first-order valence-corrected chi connectivity index (χ1v) is 10.4. The molecule has 3 aromatic rings. The Hall–Kier alpha value is -2.59. The summed E-state index contributed by atoms with van der Waals surface area (Å²) < 4.78 is 80.7. The summed E-state index contributed by atoms with van der Waals surface area (Å²) in [6.45, 7) is 0. The number of aromatic nitrogens is 1. The van der Waals surface area contributed by atoms with Gasteiger partial charge >= 0.3 is 0 Å². The van der Waals surface area contributed by atoms with Crippen molar-refractivity contribution >= 4 is 19.7 Å². The first-order chi connectivity index (χ1) is 12.1. The van der Waals surface area contributed by atoms with Crippen molar-refractivity contribution in [2.75, 3.05) is 6.26 Å². The van der Waals surface area contributed by atoms with Gasteiger partial charge in [0.05, 0.1) is 4.90 Å². The van der Waals surface area contributed by atoms with Crippen LogP contribution >= 0.6 is 0 Å². The smallest absolute Gasteiger partial charge is 0.258 e. The summed E-state index contributed by atoms with van der Waals surface area (Å²) in [5, 5.41) is -1.66. The molecule has 0 saturated carbocycles. The third-order valence-electron chi connectivity index (χ3n) is 3.37. The Morgan fingerprint density at radius 1 is 0.846 bits per heavy atom. The van der Waals surface area contributed by atoms with Crippen LogP contribution in [0.25, 0.3) is 11.5 Å². The van der Waals surface area contributed by atoms with Crippen LogP contribution in [-0.4, -0.2) is 28.1 Å². The zero-order chi connectivity index (χ0) is 19.1. The lowest BCUT2D eigenvalue weighted by atomic mass is 10.2. The molecule has 26 heavy (non-hydrogen) atoms. The molecule has 6 nitrogen and oxygen atoms in total. The fourth-order valence-corrected chi connectivity index (χ4v) is 4.70. The predicted octanol–water partition coefficient (Wildman–Crippen LogP) is 2.86. The van der Waals surface area contributed by atoms with E-state index in [-0.39, 0.29) is 16.3 Å². The van der Waals surface area contributed by atoms with Gasteiger partial charge in [0, 0.05) is 11.8 Å². The van der Waals surface area contributed by atoms with Crippen LogP contribution < -0.4 is 0 Å². The molecule has 0 N–H and O–H groups in total. The summed E-state index contributed by atoms with van der Waals surface area (Å²) in [4.78, 5) is 3.45. The second kappa shape index (κ2) is 6.29. The molecule has 3 rings (SSSR count). The molecule has 0 spiro atoms. The number of hydrogen-bond donors (Lipinski definition) is 0. The quantitative estimate of drug-likeness (QED) is 0.626. The van der Waals surface area contributed by atoms with Gasteiger partial charge in [0.25, 0.3) is 5.09 Å². The molecule has 136 valence electrons. The summed E-state index contributed by atoms with van der Waals surface area (Å²) in [5.41, 5.74) is 0.192. The van der Waals surface area contributed by atoms with Crippen LogP contribution in [0, 0.1) is 11.6 Å². The lowest BCUT2D eigenvalue weighted by Crippen LogP contribution is -2.08. The van der Waals surface area contributed by atoms with E-state index in [4.69, 9.17) is 4.42 Å². The highest BCUT2D eigenvalue weighted by Crippen LogP contribution is 2.31. The van der Waals surface area contributed by atoms with E-state index in [1.807, 2.05) is 0 Å². The number of sulfone groups is 2. The van der Waals surface area contributed by atoms with Crippen LogP contribution in [0.5, 0.6) is 0 Å². The van der Waals surface area contributed by atoms with E-state index in [1.54, 1.807) is 0 Å². The molecule has 2 aromatic carbocycles. The summed E-state index contributed by atoms with van der Waals surface area (Å²) in [6, 6.07) is 8.54. The highest BCUT2D eigenvalue weighted by Gasteiger charge is 2.33. The fourth-order valence-electron chi connectivity index (χ4n) is 2.14. The van der Waals surface area contributed by atoms with E-state index < -0.39 is 41.4 Å². The summed E-state index contributed by atoms with van der Waals surface area (Å²) in [5.74, 6) is -1.49. The topological polar surface area (TPSA) is 94.3 Å². The van der Waals surface area contributed by atoms with E-state index in [9.17, 15) is 25.6 Å². The maximum Gasteiger partial charge on any atom is 0.258 e. The Balaban J connectivity index is 2.23. The molecule has 0 aliphatic rings. The third-order valence-corrected chi connectivity index (χ3v) is 6.13. The average Bonchev–Trinajstić information content (AvgIpc) is 3.02. The first-order valence-electron chi connectivity index (χ1n) is 7.06. The van der Waals surface area contributed by atoms with Crippen LogP contribution in [0.4, 0.5) is 8.78 Å². The number of hydrogen-bond acceptors (Lipinski definition) is 6. The second-order valence-electron chi connectivity index (χ2n) is 5.35. The standard InChI is InChI=1S/C16H11F2NO5S2/c1-25(20,21)16-15(26(22,23)13-8-6-12(18)7-9-13)19-14(24-16)10-2-4-11(17)5-3-10/h2-9H,1H3. The molecule has 0 radical (unpaired) electrons. The van der Waals surface area contributed by atoms with Crippen molar-refractivity contribution in [3.05, 3.63) is 60.2 Å². The van der Waals surface area contributed by atoms with Crippen molar-refractivity contribution in [3.8, 4) is 11.5 Å². The largest absolute Gasteiger partial charge is 0.423 e. The molecule has 10 heteroatoms. The van der Waals surface area contributed by atoms with Crippen LogP contribution in [-0.2, 0) is 19.7 Å². The summed E-state index contributed by atoms with van der Waals surface area (Å²) in [7, 11) is -8.47. The molecular weight excluding hydrogens is 388 g/mol. The Bertz CT molecular complexity index is 1170. The molecule has 1 aromatic heterocycles. The number of halogens is 2. The van der Waals surface area contributed by atoms with Crippen molar-refractivity contribution in [2.45, 2.75) is 15.0 Å². The van der Waals surface area contributed by atoms with Crippen molar-refractivity contribution < 1.29 is 30.0 Å². The molecule has 0 bridgehead atoms. The van der Waals surface area contributed by atoms with Crippen LogP contribution in [0.15, 0.2) is 68.0 Å². The molecule has 1 heterocycles. The van der Waals surface area contributed by atoms with Crippen molar-refractivity contribution in [1.82, 2.24) is 4.98 Å². The lowest BCUT2D eigenvalue weighted by molar-refractivity contribution is 0.447. The highest BCUT2D eigenvalue weighted by atomic mass is 32.2. The van der Waals surface area contributed by atoms with Gasteiger partial charge in [0.1, 0.15) is 11.6 Å². The lowest BCUT2D eigenvalue weighted by Gasteiger charge is -2.02. The average molecular weight is 399 g/mol. The van der Waals surface area contributed by atoms with Crippen LogP contribution in [0.1, 0.15) is 0 Å². The second-order valence-corrected chi connectivity index (χ2v) is 9.13. The van der Waals surface area contributed by atoms with Gasteiger partial charge in [0.15, 0.2) is 0 Å². The predicted molar refractivity (Wildman–Crippen MR) is 86.9 cm³/mol. The van der Waals surface area contributed by atoms with E-state index in [0.717, 1.165) is 42.7 Å². The van der Waals surface area contributed by atoms with Gasteiger partial charge in [0.2, 0.25) is 30.6 Å². The zero-order valence-electron chi connectivity index (χ0n) is 13.2. The van der Waals surface area contributed by atoms with Crippen molar-refractivity contribution in [2.24, 2.45) is 0 Å². The third kappa shape index (κ3) is 3.37. The van der Waals surface area contributed by atoms with E-state index >= 15 is 0 Å². The van der Waals surface area contributed by atoms with Crippen LogP contribution in [0.2, 0.25) is 0 Å². The van der Waals surface area contributed by atoms with Crippen molar-refractivity contribution in [1.29, 1.82) is 0 Å². The molecule has 0 unspecified atom stereocenters. The van der Waals surface area contributed by atoms with Gasteiger partial charge in [-0.05, 0) is 48.5 Å². The van der Waals surface area contributed by atoms with Gasteiger partial charge in [-0.1, -0.05) is 0 Å². The number of nitrogens with zero attached hydrogens (tertiary/aromatic N) is 1. The van der Waals surface area contributed by atoms with Crippen LogP contribution in [0.3, 0.4) is 0 Å². The monoisotopic (exact) mass is 399 g/mol. The Kier molecular flexibility index (Phi) is 4.41. The van der Waals surface area contributed by atoms with Gasteiger partial charge in [-0.25, -0.2) is 25.6 Å². The molecule has 0 saturated heterocycles. The zero-order valence-corrected chi connectivity index (χ0v) is 14.8. The molecular formula is C16H11F2NO5S2. The van der Waals surface area contributed by atoms with Gasteiger partial charge < -0.3 is 4.42 Å². The Morgan fingerprint density at radius 3 is 1.85 bits per heavy atom.